The molecule has 0 unspecified atom stereocenters. The van der Waals surface area contributed by atoms with Gasteiger partial charge < -0.3 is 0 Å². The molecule has 0 N–H and O–H groups in total. The first-order valence-electron chi connectivity index (χ1n) is 2.79. The van der Waals surface area contributed by atoms with E-state index in [4.69, 9.17) is 0 Å². The van der Waals surface area contributed by atoms with Crippen molar-refractivity contribution in [1.29, 1.82) is 0 Å². The molecule has 0 aliphatic carbocycles. The molecule has 8 heavy (non-hydrogen) atoms. The van der Waals surface area contributed by atoms with Crippen LogP contribution in [0.5, 0.6) is 0 Å². The maximum absolute atomic E-state index is 3.28. The summed E-state index contributed by atoms with van der Waals surface area (Å²) >= 11 is 3.28. The number of rotatable bonds is 3. The van der Waals surface area contributed by atoms with Crippen LogP contribution in [0.15, 0.2) is 24.3 Å². The number of alkyl halides is 1. The van der Waals surface area contributed by atoms with Crippen LogP contribution in [-0.2, 0) is 0 Å². The highest BCUT2D eigenvalue weighted by Crippen LogP contribution is 1.84. The summed E-state index contributed by atoms with van der Waals surface area (Å²) in [7, 11) is 0. The molecular weight excluding hydrogens is 164 g/mol. The van der Waals surface area contributed by atoms with Crippen molar-refractivity contribution in [3.05, 3.63) is 24.3 Å². The smallest absolute Gasteiger partial charge is 0.0215 e. The molecule has 0 saturated carbocycles. The molecular formula is C7H11Br. The van der Waals surface area contributed by atoms with E-state index in [0.717, 1.165) is 11.8 Å². The topological polar surface area (TPSA) is 0 Å². The quantitative estimate of drug-likeness (QED) is 0.457. The zero-order valence-corrected chi connectivity index (χ0v) is 6.69. The Morgan fingerprint density at radius 2 is 1.88 bits per heavy atom. The van der Waals surface area contributed by atoms with E-state index in [1.54, 1.807) is 0 Å². The van der Waals surface area contributed by atoms with Gasteiger partial charge in [-0.15, -0.1) is 0 Å². The van der Waals surface area contributed by atoms with Gasteiger partial charge in [0.25, 0.3) is 0 Å². The number of hydrogen-bond donors (Lipinski definition) is 0. The van der Waals surface area contributed by atoms with Gasteiger partial charge in [-0.05, 0) is 6.42 Å². The summed E-state index contributed by atoms with van der Waals surface area (Å²) in [6.45, 7) is 2.12. The van der Waals surface area contributed by atoms with Crippen molar-refractivity contribution < 1.29 is 0 Å². The molecule has 0 atom stereocenters. The van der Waals surface area contributed by atoms with E-state index in [9.17, 15) is 0 Å². The van der Waals surface area contributed by atoms with E-state index in [0.29, 0.717) is 0 Å². The first kappa shape index (κ1) is 7.96. The van der Waals surface area contributed by atoms with Crippen LogP contribution in [0.2, 0.25) is 0 Å². The third-order valence-electron chi connectivity index (χ3n) is 0.708. The summed E-state index contributed by atoms with van der Waals surface area (Å²) in [6.07, 6.45) is 9.40. The average Bonchev–Trinajstić information content (AvgIpc) is 1.81. The fraction of sp³-hybridized carbons (Fsp3) is 0.429. The van der Waals surface area contributed by atoms with E-state index >= 15 is 0 Å². The van der Waals surface area contributed by atoms with E-state index in [2.05, 4.69) is 41.1 Å². The van der Waals surface area contributed by atoms with Crippen molar-refractivity contribution in [2.24, 2.45) is 0 Å². The Morgan fingerprint density at radius 1 is 1.25 bits per heavy atom. The molecule has 0 fully saturated rings. The minimum atomic E-state index is 0.945. The average molecular weight is 175 g/mol. The van der Waals surface area contributed by atoms with E-state index in [-0.39, 0.29) is 0 Å². The van der Waals surface area contributed by atoms with Crippen molar-refractivity contribution in [2.45, 2.75) is 13.3 Å². The van der Waals surface area contributed by atoms with Gasteiger partial charge in [0.15, 0.2) is 0 Å². The van der Waals surface area contributed by atoms with Crippen LogP contribution in [-0.4, -0.2) is 5.33 Å². The monoisotopic (exact) mass is 174 g/mol. The van der Waals surface area contributed by atoms with Gasteiger partial charge in [-0.3, -0.25) is 0 Å². The molecule has 1 heteroatoms. The SMILES string of the molecule is CCC=CC=CCBr. The van der Waals surface area contributed by atoms with Gasteiger partial charge in [0.2, 0.25) is 0 Å². The van der Waals surface area contributed by atoms with Crippen LogP contribution >= 0.6 is 15.9 Å². The van der Waals surface area contributed by atoms with Gasteiger partial charge >= 0.3 is 0 Å². The summed E-state index contributed by atoms with van der Waals surface area (Å²) in [6, 6.07) is 0. The predicted molar refractivity (Wildman–Crippen MR) is 42.4 cm³/mol. The maximum atomic E-state index is 3.28. The zero-order valence-electron chi connectivity index (χ0n) is 5.10. The number of allylic oxidation sites excluding steroid dienone is 4. The van der Waals surface area contributed by atoms with Gasteiger partial charge in [-0.25, -0.2) is 0 Å². The van der Waals surface area contributed by atoms with E-state index < -0.39 is 0 Å². The summed E-state index contributed by atoms with van der Waals surface area (Å²) in [4.78, 5) is 0. The Labute approximate surface area is 59.4 Å². The van der Waals surface area contributed by atoms with Crippen LogP contribution < -0.4 is 0 Å². The third kappa shape index (κ3) is 5.96. The van der Waals surface area contributed by atoms with Gasteiger partial charge in [-0.1, -0.05) is 47.2 Å². The van der Waals surface area contributed by atoms with Crippen molar-refractivity contribution in [3.63, 3.8) is 0 Å². The third-order valence-corrected chi connectivity index (χ3v) is 1.08. The lowest BCUT2D eigenvalue weighted by atomic mass is 10.4. The normalized spacial score (nSPS) is 11.8. The summed E-state index contributed by atoms with van der Waals surface area (Å²) < 4.78 is 0. The first-order valence-corrected chi connectivity index (χ1v) is 3.91. The van der Waals surface area contributed by atoms with E-state index in [1.165, 1.54) is 0 Å². The van der Waals surface area contributed by atoms with Crippen molar-refractivity contribution in [3.8, 4) is 0 Å². The van der Waals surface area contributed by atoms with Crippen LogP contribution in [0, 0.1) is 0 Å². The largest absolute Gasteiger partial charge is 0.0883 e. The zero-order chi connectivity index (χ0) is 6.24. The molecule has 0 aromatic rings. The molecule has 0 aromatic carbocycles. The molecule has 0 amide bonds. The van der Waals surface area contributed by atoms with E-state index in [1.807, 2.05) is 6.08 Å². The summed E-state index contributed by atoms with van der Waals surface area (Å²) in [5, 5.41) is 0.945. The first-order chi connectivity index (χ1) is 3.91. The molecule has 0 aliphatic rings. The van der Waals surface area contributed by atoms with Gasteiger partial charge in [-0.2, -0.15) is 0 Å². The highest BCUT2D eigenvalue weighted by Gasteiger charge is 1.62. The molecule has 0 rings (SSSR count). The Morgan fingerprint density at radius 3 is 2.38 bits per heavy atom. The highest BCUT2D eigenvalue weighted by atomic mass is 79.9. The lowest BCUT2D eigenvalue weighted by Gasteiger charge is -1.73. The molecule has 0 saturated heterocycles. The second kappa shape index (κ2) is 6.96. The van der Waals surface area contributed by atoms with Crippen LogP contribution in [0.25, 0.3) is 0 Å². The molecule has 0 heterocycles. The van der Waals surface area contributed by atoms with Crippen LogP contribution in [0.3, 0.4) is 0 Å². The fourth-order valence-corrected chi connectivity index (χ4v) is 0.560. The Hall–Kier alpha value is -0.0400. The van der Waals surface area contributed by atoms with Crippen LogP contribution in [0.1, 0.15) is 13.3 Å². The van der Waals surface area contributed by atoms with Crippen LogP contribution in [0.4, 0.5) is 0 Å². The Balaban J connectivity index is 3.13. The molecule has 0 aromatic heterocycles. The Bertz CT molecular complexity index is 70.4. The maximum Gasteiger partial charge on any atom is 0.0215 e. The van der Waals surface area contributed by atoms with Gasteiger partial charge in [0.05, 0.1) is 0 Å². The van der Waals surface area contributed by atoms with Gasteiger partial charge in [0.1, 0.15) is 0 Å². The lowest BCUT2D eigenvalue weighted by Crippen LogP contribution is -1.55. The second-order valence-electron chi connectivity index (χ2n) is 1.42. The minimum Gasteiger partial charge on any atom is -0.0883 e. The van der Waals surface area contributed by atoms with Crippen molar-refractivity contribution in [2.75, 3.05) is 5.33 Å². The van der Waals surface area contributed by atoms with Crippen molar-refractivity contribution >= 4 is 15.9 Å². The van der Waals surface area contributed by atoms with Gasteiger partial charge in [0, 0.05) is 5.33 Å². The molecule has 46 valence electrons. The molecule has 0 radical (unpaired) electrons. The fourth-order valence-electron chi connectivity index (χ4n) is 0.345. The standard InChI is InChI=1S/C7H11Br/c1-2-3-4-5-6-7-8/h3-6H,2,7H2,1H3. The predicted octanol–water partition coefficient (Wildman–Crippen LogP) is 2.90. The van der Waals surface area contributed by atoms with Crippen molar-refractivity contribution in [1.82, 2.24) is 0 Å². The second-order valence-corrected chi connectivity index (χ2v) is 2.07. The number of hydrogen-bond acceptors (Lipinski definition) is 0. The summed E-state index contributed by atoms with van der Waals surface area (Å²) in [5.41, 5.74) is 0. The minimum absolute atomic E-state index is 0.945. The lowest BCUT2D eigenvalue weighted by molar-refractivity contribution is 1.22. The molecule has 0 aliphatic heterocycles. The molecule has 0 bridgehead atoms. The Kier molecular flexibility index (Phi) is 6.93. The summed E-state index contributed by atoms with van der Waals surface area (Å²) in [5.74, 6) is 0. The molecule has 0 spiro atoms. The molecule has 0 nitrogen and oxygen atoms in total. The number of halogens is 1. The highest BCUT2D eigenvalue weighted by molar-refractivity contribution is 9.09.